The van der Waals surface area contributed by atoms with Gasteiger partial charge in [0.2, 0.25) is 0 Å². The molecule has 0 radical (unpaired) electrons. The van der Waals surface area contributed by atoms with Crippen LogP contribution in [0.15, 0.2) is 72.8 Å². The standard InChI is InChI=1S/C25H24FNO3/c1-17(2)30-16-19-7-5-6-18(14-19)15-27-25(29)23-9-4-3-8-22(23)24(28)20-10-12-21(26)13-11-20/h3-14,17H,15-16H2,1-2H3,(H,27,29). The average Bonchev–Trinajstić information content (AvgIpc) is 2.76. The molecule has 0 bridgehead atoms. The van der Waals surface area contributed by atoms with Crippen LogP contribution in [0, 0.1) is 5.82 Å². The summed E-state index contributed by atoms with van der Waals surface area (Å²) in [4.78, 5) is 25.6. The molecule has 1 N–H and O–H groups in total. The second-order valence-electron chi connectivity index (χ2n) is 7.24. The Morgan fingerprint density at radius 1 is 0.900 bits per heavy atom. The van der Waals surface area contributed by atoms with Gasteiger partial charge in [0.1, 0.15) is 5.82 Å². The minimum absolute atomic E-state index is 0.142. The van der Waals surface area contributed by atoms with Crippen LogP contribution in [-0.4, -0.2) is 17.8 Å². The summed E-state index contributed by atoms with van der Waals surface area (Å²) in [7, 11) is 0. The van der Waals surface area contributed by atoms with Crippen molar-refractivity contribution in [3.8, 4) is 0 Å². The first-order valence-corrected chi connectivity index (χ1v) is 9.81. The third kappa shape index (κ3) is 5.61. The Kier molecular flexibility index (Phi) is 7.09. The number of nitrogens with one attached hydrogen (secondary N) is 1. The molecule has 0 aliphatic heterocycles. The van der Waals surface area contributed by atoms with Crippen molar-refractivity contribution < 1.29 is 18.7 Å². The molecule has 3 aromatic rings. The number of carbonyl (C=O) groups is 2. The third-order valence-corrected chi connectivity index (χ3v) is 4.55. The lowest BCUT2D eigenvalue weighted by molar-refractivity contribution is 0.0657. The van der Waals surface area contributed by atoms with Crippen LogP contribution in [-0.2, 0) is 17.9 Å². The van der Waals surface area contributed by atoms with E-state index >= 15 is 0 Å². The summed E-state index contributed by atoms with van der Waals surface area (Å²) in [6, 6.07) is 19.7. The fourth-order valence-electron chi connectivity index (χ4n) is 3.01. The lowest BCUT2D eigenvalue weighted by Crippen LogP contribution is -2.25. The van der Waals surface area contributed by atoms with Crippen LogP contribution in [0.5, 0.6) is 0 Å². The largest absolute Gasteiger partial charge is 0.374 e. The molecule has 0 atom stereocenters. The predicted octanol–water partition coefficient (Wildman–Crippen LogP) is 4.91. The molecule has 154 valence electrons. The number of ketones is 1. The van der Waals surface area contributed by atoms with Gasteiger partial charge < -0.3 is 10.1 Å². The number of rotatable bonds is 8. The summed E-state index contributed by atoms with van der Waals surface area (Å²) in [5.74, 6) is -1.09. The third-order valence-electron chi connectivity index (χ3n) is 4.55. The van der Waals surface area contributed by atoms with Gasteiger partial charge in [0.05, 0.1) is 18.3 Å². The van der Waals surface area contributed by atoms with Crippen LogP contribution in [0.25, 0.3) is 0 Å². The highest BCUT2D eigenvalue weighted by atomic mass is 19.1. The molecule has 4 nitrogen and oxygen atoms in total. The molecule has 1 amide bonds. The molecule has 3 rings (SSSR count). The van der Waals surface area contributed by atoms with Gasteiger partial charge >= 0.3 is 0 Å². The Morgan fingerprint density at radius 3 is 2.27 bits per heavy atom. The second kappa shape index (κ2) is 9.94. The Labute approximate surface area is 175 Å². The van der Waals surface area contributed by atoms with Crippen LogP contribution < -0.4 is 5.32 Å². The zero-order valence-electron chi connectivity index (χ0n) is 17.0. The summed E-state index contributed by atoms with van der Waals surface area (Å²) >= 11 is 0. The Balaban J connectivity index is 1.71. The number of halogens is 1. The molecule has 3 aromatic carbocycles. The zero-order valence-corrected chi connectivity index (χ0v) is 17.0. The van der Waals surface area contributed by atoms with Crippen molar-refractivity contribution in [2.45, 2.75) is 33.1 Å². The predicted molar refractivity (Wildman–Crippen MR) is 114 cm³/mol. The number of hydrogen-bond acceptors (Lipinski definition) is 3. The fraction of sp³-hybridized carbons (Fsp3) is 0.200. The summed E-state index contributed by atoms with van der Waals surface area (Å²) in [6.07, 6.45) is 0.142. The van der Waals surface area contributed by atoms with Crippen molar-refractivity contribution in [2.24, 2.45) is 0 Å². The van der Waals surface area contributed by atoms with Gasteiger partial charge in [0.25, 0.3) is 5.91 Å². The van der Waals surface area contributed by atoms with Crippen LogP contribution in [0.1, 0.15) is 51.3 Å². The molecule has 0 unspecified atom stereocenters. The maximum atomic E-state index is 13.2. The number of amides is 1. The highest BCUT2D eigenvalue weighted by Crippen LogP contribution is 2.16. The van der Waals surface area contributed by atoms with E-state index in [1.807, 2.05) is 38.1 Å². The number of benzene rings is 3. The monoisotopic (exact) mass is 405 g/mol. The Morgan fingerprint density at radius 2 is 1.57 bits per heavy atom. The van der Waals surface area contributed by atoms with E-state index in [0.717, 1.165) is 11.1 Å². The van der Waals surface area contributed by atoms with E-state index in [2.05, 4.69) is 5.32 Å². The van der Waals surface area contributed by atoms with E-state index < -0.39 is 5.82 Å². The molecule has 0 heterocycles. The maximum absolute atomic E-state index is 13.2. The van der Waals surface area contributed by atoms with E-state index in [-0.39, 0.29) is 28.9 Å². The first-order chi connectivity index (χ1) is 14.4. The minimum Gasteiger partial charge on any atom is -0.374 e. The van der Waals surface area contributed by atoms with Crippen molar-refractivity contribution in [3.63, 3.8) is 0 Å². The molecule has 30 heavy (non-hydrogen) atoms. The minimum atomic E-state index is -0.418. The normalized spacial score (nSPS) is 10.8. The van der Waals surface area contributed by atoms with Crippen molar-refractivity contribution >= 4 is 11.7 Å². The first kappa shape index (κ1) is 21.4. The molecular weight excluding hydrogens is 381 g/mol. The zero-order chi connectivity index (χ0) is 21.5. The lowest BCUT2D eigenvalue weighted by Gasteiger charge is -2.11. The molecule has 0 saturated heterocycles. The number of hydrogen-bond donors (Lipinski definition) is 1. The SMILES string of the molecule is CC(C)OCc1cccc(CNC(=O)c2ccccc2C(=O)c2ccc(F)cc2)c1. The summed E-state index contributed by atoms with van der Waals surface area (Å²) in [5.41, 5.74) is 2.86. The topological polar surface area (TPSA) is 55.4 Å². The van der Waals surface area contributed by atoms with E-state index in [1.165, 1.54) is 24.3 Å². The molecular formula is C25H24FNO3. The smallest absolute Gasteiger partial charge is 0.252 e. The average molecular weight is 405 g/mol. The Bertz CT molecular complexity index is 1030. The molecule has 0 fully saturated rings. The van der Waals surface area contributed by atoms with Crippen LogP contribution in [0.3, 0.4) is 0 Å². The molecule has 0 aromatic heterocycles. The van der Waals surface area contributed by atoms with Crippen molar-refractivity contribution in [1.82, 2.24) is 5.32 Å². The molecule has 0 aliphatic rings. The van der Waals surface area contributed by atoms with Crippen LogP contribution in [0.2, 0.25) is 0 Å². The number of carbonyl (C=O) groups excluding carboxylic acids is 2. The van der Waals surface area contributed by atoms with Gasteiger partial charge in [-0.1, -0.05) is 42.5 Å². The van der Waals surface area contributed by atoms with Crippen LogP contribution >= 0.6 is 0 Å². The molecule has 5 heteroatoms. The van der Waals surface area contributed by atoms with Gasteiger partial charge in [-0.2, -0.15) is 0 Å². The highest BCUT2D eigenvalue weighted by Gasteiger charge is 2.18. The van der Waals surface area contributed by atoms with Crippen molar-refractivity contribution in [3.05, 3.63) is 106 Å². The van der Waals surface area contributed by atoms with Gasteiger partial charge in [-0.15, -0.1) is 0 Å². The lowest BCUT2D eigenvalue weighted by atomic mass is 9.98. The van der Waals surface area contributed by atoms with E-state index in [0.29, 0.717) is 18.7 Å². The molecule has 0 saturated carbocycles. The van der Waals surface area contributed by atoms with Crippen molar-refractivity contribution in [2.75, 3.05) is 0 Å². The number of ether oxygens (including phenoxy) is 1. The first-order valence-electron chi connectivity index (χ1n) is 9.81. The summed E-state index contributed by atoms with van der Waals surface area (Å²) < 4.78 is 18.8. The molecule has 0 aliphatic carbocycles. The highest BCUT2D eigenvalue weighted by molar-refractivity contribution is 6.15. The van der Waals surface area contributed by atoms with E-state index in [9.17, 15) is 14.0 Å². The van der Waals surface area contributed by atoms with Crippen LogP contribution in [0.4, 0.5) is 4.39 Å². The van der Waals surface area contributed by atoms with Gasteiger partial charge in [0.15, 0.2) is 5.78 Å². The second-order valence-corrected chi connectivity index (χ2v) is 7.24. The summed E-state index contributed by atoms with van der Waals surface area (Å²) in [5, 5.41) is 2.87. The quantitative estimate of drug-likeness (QED) is 0.542. The van der Waals surface area contributed by atoms with E-state index in [4.69, 9.17) is 4.74 Å². The van der Waals surface area contributed by atoms with Gasteiger partial charge in [-0.25, -0.2) is 4.39 Å². The molecule has 0 spiro atoms. The fourth-order valence-corrected chi connectivity index (χ4v) is 3.01. The van der Waals surface area contributed by atoms with Gasteiger partial charge in [-0.3, -0.25) is 9.59 Å². The van der Waals surface area contributed by atoms with E-state index in [1.54, 1.807) is 24.3 Å². The van der Waals surface area contributed by atoms with Gasteiger partial charge in [-0.05, 0) is 55.3 Å². The Hall–Kier alpha value is -3.31. The summed E-state index contributed by atoms with van der Waals surface area (Å²) in [6.45, 7) is 4.80. The van der Waals surface area contributed by atoms with Crippen molar-refractivity contribution in [1.29, 1.82) is 0 Å². The maximum Gasteiger partial charge on any atom is 0.252 e. The van der Waals surface area contributed by atoms with Gasteiger partial charge in [0, 0.05) is 17.7 Å².